The molecular weight excluding hydrogens is 713 g/mol. The average Bonchev–Trinajstić information content (AvgIpc) is 3.75. The number of imide groups is 1. The minimum atomic E-state index is -0.399. The Morgan fingerprint density at radius 1 is 0.483 bits per heavy atom. The predicted octanol–water partition coefficient (Wildman–Crippen LogP) is 12.7. The van der Waals surface area contributed by atoms with Crippen LogP contribution in [0.15, 0.2) is 182 Å². The van der Waals surface area contributed by atoms with Crippen molar-refractivity contribution in [3.63, 3.8) is 0 Å². The quantitative estimate of drug-likeness (QED) is 0.126. The molecule has 0 fully saturated rings. The van der Waals surface area contributed by atoms with Crippen LogP contribution in [0.2, 0.25) is 0 Å². The maximum Gasteiger partial charge on any atom is 0.268 e. The van der Waals surface area contributed by atoms with E-state index < -0.39 is 5.91 Å². The average molecular weight is 743 g/mol. The summed E-state index contributed by atoms with van der Waals surface area (Å²) in [7, 11) is 0. The van der Waals surface area contributed by atoms with Gasteiger partial charge in [0.25, 0.3) is 11.8 Å². The van der Waals surface area contributed by atoms with Gasteiger partial charge in [0.1, 0.15) is 0 Å². The molecule has 0 radical (unpaired) electrons. The molecule has 58 heavy (non-hydrogen) atoms. The molecule has 0 spiro atoms. The minimum Gasteiger partial charge on any atom is -0.308 e. The van der Waals surface area contributed by atoms with Gasteiger partial charge in [0.05, 0.1) is 51.7 Å². The highest BCUT2D eigenvalue weighted by Gasteiger charge is 2.39. The first kappa shape index (κ1) is 34.2. The lowest BCUT2D eigenvalue weighted by Crippen LogP contribution is -2.29. The summed E-state index contributed by atoms with van der Waals surface area (Å²) in [4.78, 5) is 34.5. The third-order valence-electron chi connectivity index (χ3n) is 11.0. The van der Waals surface area contributed by atoms with Crippen molar-refractivity contribution in [1.82, 2.24) is 4.57 Å². The van der Waals surface area contributed by atoms with Crippen molar-refractivity contribution in [2.24, 2.45) is 0 Å². The van der Waals surface area contributed by atoms with Crippen LogP contribution in [0, 0.1) is 17.9 Å². The number of benzene rings is 8. The lowest BCUT2D eigenvalue weighted by Gasteiger charge is -2.18. The van der Waals surface area contributed by atoms with Crippen LogP contribution in [0.25, 0.3) is 76.8 Å². The molecule has 1 aliphatic rings. The fourth-order valence-electron chi connectivity index (χ4n) is 8.13. The van der Waals surface area contributed by atoms with Gasteiger partial charge in [-0.15, -0.1) is 0 Å². The summed E-state index contributed by atoms with van der Waals surface area (Å²) in [5, 5.41) is 11.4. The van der Waals surface area contributed by atoms with E-state index in [-0.39, 0.29) is 5.91 Å². The van der Waals surface area contributed by atoms with Crippen LogP contribution < -0.4 is 4.90 Å². The third-order valence-corrected chi connectivity index (χ3v) is 11.0. The standard InChI is InChI=1S/C52H30N4O2/c1-54-42-23-19-37(20-24-42)39-22-26-45-44-25-21-38(36-17-15-33(32-53)16-18-36)30-48(44)56(49(45)31-39)47-14-8-13-46-50(47)52(58)55(51(46)57)43-28-40(34-9-4-2-5-10-34)27-41(29-43)35-11-6-3-7-12-35/h2-31H. The van der Waals surface area contributed by atoms with Crippen molar-refractivity contribution >= 4 is 45.0 Å². The van der Waals surface area contributed by atoms with Crippen molar-refractivity contribution in [3.05, 3.63) is 210 Å². The molecule has 0 bridgehead atoms. The number of fused-ring (bicyclic) bond motifs is 4. The molecule has 0 saturated heterocycles. The van der Waals surface area contributed by atoms with Gasteiger partial charge < -0.3 is 4.57 Å². The van der Waals surface area contributed by atoms with Crippen LogP contribution in [0.4, 0.5) is 11.4 Å². The van der Waals surface area contributed by atoms with E-state index in [9.17, 15) is 10.1 Å². The lowest BCUT2D eigenvalue weighted by atomic mass is 9.97. The minimum absolute atomic E-state index is 0.327. The first-order chi connectivity index (χ1) is 28.5. The smallest absolute Gasteiger partial charge is 0.268 e. The zero-order valence-corrected chi connectivity index (χ0v) is 30.9. The Labute approximate surface area is 334 Å². The van der Waals surface area contributed by atoms with Crippen LogP contribution in [-0.4, -0.2) is 16.4 Å². The maximum atomic E-state index is 15.0. The second-order valence-electron chi connectivity index (χ2n) is 14.3. The largest absolute Gasteiger partial charge is 0.308 e. The number of aromatic nitrogens is 1. The maximum absolute atomic E-state index is 15.0. The molecular formula is C52H30N4O2. The summed E-state index contributed by atoms with van der Waals surface area (Å²) in [5.41, 5.74) is 12.1. The summed E-state index contributed by atoms with van der Waals surface area (Å²) in [6.07, 6.45) is 0. The van der Waals surface area contributed by atoms with Crippen molar-refractivity contribution in [2.45, 2.75) is 0 Å². The van der Waals surface area contributed by atoms with Crippen LogP contribution >= 0.6 is 0 Å². The van der Waals surface area contributed by atoms with E-state index in [0.717, 1.165) is 66.3 Å². The number of nitrogens with zero attached hydrogens (tertiary/aromatic N) is 4. The van der Waals surface area contributed by atoms with Gasteiger partial charge in [-0.1, -0.05) is 127 Å². The number of hydrogen-bond donors (Lipinski definition) is 0. The molecule has 9 aromatic rings. The van der Waals surface area contributed by atoms with Crippen molar-refractivity contribution < 1.29 is 9.59 Å². The Morgan fingerprint density at radius 2 is 1.00 bits per heavy atom. The van der Waals surface area contributed by atoms with Crippen LogP contribution in [0.5, 0.6) is 0 Å². The number of amides is 2. The molecule has 0 N–H and O–H groups in total. The predicted molar refractivity (Wildman–Crippen MR) is 231 cm³/mol. The topological polar surface area (TPSA) is 70.5 Å². The summed E-state index contributed by atoms with van der Waals surface area (Å²) < 4.78 is 2.10. The van der Waals surface area contributed by atoms with Crippen molar-refractivity contribution in [2.75, 3.05) is 4.90 Å². The van der Waals surface area contributed by atoms with Crippen LogP contribution in [0.3, 0.4) is 0 Å². The number of carbonyl (C=O) groups is 2. The first-order valence-corrected chi connectivity index (χ1v) is 18.8. The zero-order valence-electron chi connectivity index (χ0n) is 30.9. The van der Waals surface area contributed by atoms with E-state index in [1.165, 1.54) is 4.90 Å². The molecule has 6 heteroatoms. The summed E-state index contributed by atoms with van der Waals surface area (Å²) in [6.45, 7) is 7.42. The highest BCUT2D eigenvalue weighted by molar-refractivity contribution is 6.36. The van der Waals surface area contributed by atoms with Gasteiger partial charge >= 0.3 is 0 Å². The van der Waals surface area contributed by atoms with E-state index >= 15 is 4.79 Å². The molecule has 1 aliphatic heterocycles. The highest BCUT2D eigenvalue weighted by atomic mass is 16.2. The van der Waals surface area contributed by atoms with E-state index in [1.54, 1.807) is 18.2 Å². The van der Waals surface area contributed by atoms with Gasteiger partial charge in [-0.25, -0.2) is 9.74 Å². The van der Waals surface area contributed by atoms with Gasteiger partial charge in [-0.05, 0) is 99.1 Å². The van der Waals surface area contributed by atoms with Gasteiger partial charge in [-0.3, -0.25) is 9.59 Å². The number of rotatable bonds is 6. The summed E-state index contributed by atoms with van der Waals surface area (Å²) in [6, 6.07) is 61.1. The highest BCUT2D eigenvalue weighted by Crippen LogP contribution is 2.42. The number of anilines is 1. The van der Waals surface area contributed by atoms with E-state index in [2.05, 4.69) is 57.9 Å². The molecule has 1 aromatic heterocycles. The normalized spacial score (nSPS) is 12.1. The van der Waals surface area contributed by atoms with Gasteiger partial charge in [0.15, 0.2) is 5.69 Å². The first-order valence-electron chi connectivity index (χ1n) is 18.8. The van der Waals surface area contributed by atoms with E-state index in [4.69, 9.17) is 6.57 Å². The Balaban J connectivity index is 1.18. The zero-order chi connectivity index (χ0) is 39.3. The number of carbonyl (C=O) groups excluding carboxylic acids is 2. The van der Waals surface area contributed by atoms with Gasteiger partial charge in [0, 0.05) is 10.8 Å². The van der Waals surface area contributed by atoms with Crippen LogP contribution in [0.1, 0.15) is 26.3 Å². The molecule has 0 atom stereocenters. The summed E-state index contributed by atoms with van der Waals surface area (Å²) in [5.74, 6) is -0.783. The number of hydrogen-bond acceptors (Lipinski definition) is 3. The molecule has 8 aromatic carbocycles. The molecule has 10 rings (SSSR count). The van der Waals surface area contributed by atoms with Crippen molar-refractivity contribution in [3.8, 4) is 56.3 Å². The monoisotopic (exact) mass is 742 g/mol. The Kier molecular flexibility index (Phi) is 8.11. The van der Waals surface area contributed by atoms with Gasteiger partial charge in [0.2, 0.25) is 0 Å². The second-order valence-corrected chi connectivity index (χ2v) is 14.3. The molecule has 6 nitrogen and oxygen atoms in total. The third kappa shape index (κ3) is 5.64. The molecule has 2 amide bonds. The van der Waals surface area contributed by atoms with Gasteiger partial charge in [-0.2, -0.15) is 5.26 Å². The lowest BCUT2D eigenvalue weighted by molar-refractivity contribution is 0.0926. The van der Waals surface area contributed by atoms with Crippen LogP contribution in [-0.2, 0) is 0 Å². The molecule has 0 aliphatic carbocycles. The molecule has 0 unspecified atom stereocenters. The molecule has 0 saturated carbocycles. The molecule has 270 valence electrons. The molecule has 2 heterocycles. The Bertz CT molecular complexity index is 3030. The van der Waals surface area contributed by atoms with Crippen molar-refractivity contribution in [1.29, 1.82) is 5.26 Å². The number of nitriles is 1. The summed E-state index contributed by atoms with van der Waals surface area (Å²) >= 11 is 0. The van der Waals surface area contributed by atoms with E-state index in [0.29, 0.717) is 33.8 Å². The van der Waals surface area contributed by atoms with E-state index in [1.807, 2.05) is 121 Å². The fraction of sp³-hybridized carbons (Fsp3) is 0. The SMILES string of the molecule is [C-]#[N+]c1ccc(-c2ccc3c4ccc(-c5ccc(C#N)cc5)cc4n(-c4cccc5c4C(=O)N(c4cc(-c6ccccc6)cc(-c6ccccc6)c4)C5=O)c3c2)cc1. The second kappa shape index (κ2) is 13.8. The fourth-order valence-corrected chi connectivity index (χ4v) is 8.13. The Morgan fingerprint density at radius 3 is 1.53 bits per heavy atom. The Hall–Kier alpha value is -8.32.